The number of nitrogens with zero attached hydrogens (tertiary/aromatic N) is 2. The van der Waals surface area contributed by atoms with Crippen LogP contribution in [0.5, 0.6) is 0 Å². The van der Waals surface area contributed by atoms with Crippen molar-refractivity contribution in [3.63, 3.8) is 0 Å². The van der Waals surface area contributed by atoms with Crippen molar-refractivity contribution in [2.75, 3.05) is 5.32 Å². The number of hydrogen-bond donors (Lipinski definition) is 1. The van der Waals surface area contributed by atoms with Crippen molar-refractivity contribution in [1.29, 1.82) is 0 Å². The highest BCUT2D eigenvalue weighted by atomic mass is 16.1. The number of aromatic nitrogens is 2. The van der Waals surface area contributed by atoms with E-state index in [0.717, 1.165) is 16.9 Å². The fraction of sp³-hybridized carbons (Fsp3) is 0.238. The molecule has 1 aromatic heterocycles. The molecule has 25 heavy (non-hydrogen) atoms. The van der Waals surface area contributed by atoms with Crippen LogP contribution >= 0.6 is 0 Å². The van der Waals surface area contributed by atoms with Gasteiger partial charge in [0.2, 0.25) is 5.91 Å². The summed E-state index contributed by atoms with van der Waals surface area (Å²) in [7, 11) is 0. The Morgan fingerprint density at radius 1 is 1.08 bits per heavy atom. The highest BCUT2D eigenvalue weighted by molar-refractivity contribution is 5.91. The van der Waals surface area contributed by atoms with E-state index < -0.39 is 0 Å². The van der Waals surface area contributed by atoms with Crippen LogP contribution in [-0.4, -0.2) is 15.7 Å². The molecule has 0 unspecified atom stereocenters. The van der Waals surface area contributed by atoms with Gasteiger partial charge in [-0.1, -0.05) is 56.3 Å². The van der Waals surface area contributed by atoms with E-state index in [-0.39, 0.29) is 5.91 Å². The number of carbonyl (C=O) groups is 1. The average Bonchev–Trinajstić information content (AvgIpc) is 2.96. The van der Waals surface area contributed by atoms with Crippen molar-refractivity contribution >= 4 is 11.7 Å². The molecule has 0 saturated heterocycles. The maximum atomic E-state index is 12.4. The van der Waals surface area contributed by atoms with Crippen LogP contribution in [0.1, 0.15) is 36.6 Å². The Morgan fingerprint density at radius 2 is 1.76 bits per heavy atom. The van der Waals surface area contributed by atoms with Crippen LogP contribution in [0.25, 0.3) is 5.69 Å². The number of amides is 1. The summed E-state index contributed by atoms with van der Waals surface area (Å²) in [6.45, 7) is 6.24. The summed E-state index contributed by atoms with van der Waals surface area (Å²) in [4.78, 5) is 12.4. The summed E-state index contributed by atoms with van der Waals surface area (Å²) in [6, 6.07) is 19.9. The quantitative estimate of drug-likeness (QED) is 0.748. The van der Waals surface area contributed by atoms with Crippen molar-refractivity contribution in [3.8, 4) is 5.69 Å². The van der Waals surface area contributed by atoms with Gasteiger partial charge in [0.25, 0.3) is 0 Å². The molecule has 4 nitrogen and oxygen atoms in total. The van der Waals surface area contributed by atoms with E-state index in [0.29, 0.717) is 18.2 Å². The van der Waals surface area contributed by atoms with Crippen molar-refractivity contribution < 1.29 is 4.79 Å². The topological polar surface area (TPSA) is 46.9 Å². The molecule has 128 valence electrons. The third kappa shape index (κ3) is 4.15. The van der Waals surface area contributed by atoms with Crippen LogP contribution < -0.4 is 5.32 Å². The van der Waals surface area contributed by atoms with E-state index in [4.69, 9.17) is 0 Å². The van der Waals surface area contributed by atoms with Gasteiger partial charge in [-0.15, -0.1) is 0 Å². The smallest absolute Gasteiger partial charge is 0.229 e. The fourth-order valence-electron chi connectivity index (χ4n) is 2.75. The molecule has 1 amide bonds. The second kappa shape index (κ2) is 7.34. The first-order valence-corrected chi connectivity index (χ1v) is 8.53. The Bertz CT molecular complexity index is 849. The molecule has 0 saturated carbocycles. The van der Waals surface area contributed by atoms with Gasteiger partial charge in [0.15, 0.2) is 0 Å². The third-order valence-corrected chi connectivity index (χ3v) is 4.11. The number of rotatable bonds is 5. The van der Waals surface area contributed by atoms with Gasteiger partial charge in [0.05, 0.1) is 17.8 Å². The summed E-state index contributed by atoms with van der Waals surface area (Å²) in [5.74, 6) is 1.13. The number of aryl methyl sites for hydroxylation is 1. The van der Waals surface area contributed by atoms with Gasteiger partial charge in [-0.2, -0.15) is 5.10 Å². The molecule has 3 rings (SSSR count). The second-order valence-electron chi connectivity index (χ2n) is 6.54. The van der Waals surface area contributed by atoms with Gasteiger partial charge in [0.1, 0.15) is 5.82 Å². The van der Waals surface area contributed by atoms with Gasteiger partial charge in [0, 0.05) is 6.07 Å². The first kappa shape index (κ1) is 17.0. The number of hydrogen-bond acceptors (Lipinski definition) is 2. The number of para-hydroxylation sites is 1. The molecular weight excluding hydrogens is 310 g/mol. The minimum absolute atomic E-state index is 0.0469. The molecule has 0 fully saturated rings. The van der Waals surface area contributed by atoms with Crippen LogP contribution in [0.4, 0.5) is 5.82 Å². The average molecular weight is 333 g/mol. The number of anilines is 1. The maximum Gasteiger partial charge on any atom is 0.229 e. The van der Waals surface area contributed by atoms with Crippen molar-refractivity contribution in [2.45, 2.75) is 33.1 Å². The lowest BCUT2D eigenvalue weighted by atomic mass is 10.0. The monoisotopic (exact) mass is 333 g/mol. The standard InChI is InChI=1S/C21H23N3O/c1-15(2)18-11-9-17(10-12-18)14-21(25)22-20-13-16(3)23-24(20)19-7-5-4-6-8-19/h4-13,15H,14H2,1-3H3,(H,22,25). The second-order valence-corrected chi connectivity index (χ2v) is 6.54. The van der Waals surface area contributed by atoms with Gasteiger partial charge in [-0.25, -0.2) is 4.68 Å². The zero-order valence-corrected chi connectivity index (χ0v) is 14.9. The Kier molecular flexibility index (Phi) is 4.98. The van der Waals surface area contributed by atoms with Crippen LogP contribution in [0.2, 0.25) is 0 Å². The van der Waals surface area contributed by atoms with Crippen LogP contribution in [-0.2, 0) is 11.2 Å². The highest BCUT2D eigenvalue weighted by Gasteiger charge is 2.11. The molecule has 0 spiro atoms. The molecule has 0 atom stereocenters. The SMILES string of the molecule is Cc1cc(NC(=O)Cc2ccc(C(C)C)cc2)n(-c2ccccc2)n1. The Labute approximate surface area is 148 Å². The first-order valence-electron chi connectivity index (χ1n) is 8.53. The van der Waals surface area contributed by atoms with Crippen molar-refractivity contribution in [2.24, 2.45) is 0 Å². The summed E-state index contributed by atoms with van der Waals surface area (Å²) in [6.07, 6.45) is 0.345. The molecule has 0 bridgehead atoms. The van der Waals surface area contributed by atoms with Crippen LogP contribution in [0, 0.1) is 6.92 Å². The minimum Gasteiger partial charge on any atom is -0.310 e. The third-order valence-electron chi connectivity index (χ3n) is 4.11. The molecule has 0 aliphatic heterocycles. The zero-order valence-electron chi connectivity index (χ0n) is 14.9. The molecule has 4 heteroatoms. The van der Waals surface area contributed by atoms with E-state index in [1.54, 1.807) is 4.68 Å². The summed E-state index contributed by atoms with van der Waals surface area (Å²) < 4.78 is 1.76. The lowest BCUT2D eigenvalue weighted by Crippen LogP contribution is -2.17. The first-order chi connectivity index (χ1) is 12.0. The van der Waals surface area contributed by atoms with Crippen molar-refractivity contribution in [3.05, 3.63) is 77.5 Å². The highest BCUT2D eigenvalue weighted by Crippen LogP contribution is 2.18. The largest absolute Gasteiger partial charge is 0.310 e. The number of benzene rings is 2. The van der Waals surface area contributed by atoms with Gasteiger partial charge < -0.3 is 5.32 Å². The zero-order chi connectivity index (χ0) is 17.8. The molecule has 1 N–H and O–H groups in total. The Hall–Kier alpha value is -2.88. The summed E-state index contributed by atoms with van der Waals surface area (Å²) in [5, 5.41) is 7.45. The summed E-state index contributed by atoms with van der Waals surface area (Å²) in [5.41, 5.74) is 4.07. The number of carbonyl (C=O) groups excluding carboxylic acids is 1. The predicted octanol–water partition coefficient (Wildman–Crippen LogP) is 4.49. The molecular formula is C21H23N3O. The lowest BCUT2D eigenvalue weighted by molar-refractivity contribution is -0.115. The van der Waals surface area contributed by atoms with E-state index >= 15 is 0 Å². The molecule has 1 heterocycles. The minimum atomic E-state index is -0.0469. The lowest BCUT2D eigenvalue weighted by Gasteiger charge is -2.10. The number of nitrogens with one attached hydrogen (secondary N) is 1. The van der Waals surface area contributed by atoms with Crippen LogP contribution in [0.15, 0.2) is 60.7 Å². The molecule has 3 aromatic rings. The van der Waals surface area contributed by atoms with E-state index in [2.05, 4.69) is 36.4 Å². The molecule has 2 aromatic carbocycles. The normalized spacial score (nSPS) is 10.9. The van der Waals surface area contributed by atoms with E-state index in [1.807, 2.05) is 55.5 Å². The maximum absolute atomic E-state index is 12.4. The van der Waals surface area contributed by atoms with E-state index in [9.17, 15) is 4.79 Å². The van der Waals surface area contributed by atoms with Crippen molar-refractivity contribution in [1.82, 2.24) is 9.78 Å². The van der Waals surface area contributed by atoms with Gasteiger partial charge >= 0.3 is 0 Å². The summed E-state index contributed by atoms with van der Waals surface area (Å²) >= 11 is 0. The van der Waals surface area contributed by atoms with Gasteiger partial charge in [-0.3, -0.25) is 4.79 Å². The molecule has 0 radical (unpaired) electrons. The Morgan fingerprint density at radius 3 is 2.40 bits per heavy atom. The van der Waals surface area contributed by atoms with E-state index in [1.165, 1.54) is 5.56 Å². The predicted molar refractivity (Wildman–Crippen MR) is 101 cm³/mol. The molecule has 0 aliphatic rings. The molecule has 0 aliphatic carbocycles. The van der Waals surface area contributed by atoms with Crippen LogP contribution in [0.3, 0.4) is 0 Å². The fourth-order valence-corrected chi connectivity index (χ4v) is 2.75. The van der Waals surface area contributed by atoms with Gasteiger partial charge in [-0.05, 0) is 36.1 Å². The Balaban J connectivity index is 1.73.